The Hall–Kier alpha value is -2.63. The molecule has 0 unspecified atom stereocenters. The zero-order valence-electron chi connectivity index (χ0n) is 11.0. The maximum Gasteiger partial charge on any atom is 0.189 e. The Morgan fingerprint density at radius 2 is 2.15 bits per heavy atom. The van der Waals surface area contributed by atoms with E-state index in [1.807, 2.05) is 37.3 Å². The average Bonchev–Trinajstić information content (AvgIpc) is 2.89. The van der Waals surface area contributed by atoms with Crippen LogP contribution in [-0.2, 0) is 0 Å². The Balaban J connectivity index is 1.97. The Bertz CT molecular complexity index is 795. The molecule has 0 saturated carbocycles. The van der Waals surface area contributed by atoms with E-state index < -0.39 is 0 Å². The smallest absolute Gasteiger partial charge is 0.189 e. The molecule has 0 amide bonds. The summed E-state index contributed by atoms with van der Waals surface area (Å²) >= 11 is 0. The van der Waals surface area contributed by atoms with Crippen LogP contribution in [0.5, 0.6) is 5.75 Å². The molecule has 4 rings (SSSR count). The van der Waals surface area contributed by atoms with Crippen LogP contribution in [0.2, 0.25) is 0 Å². The zero-order chi connectivity index (χ0) is 13.5. The minimum Gasteiger partial charge on any atom is -0.489 e. The van der Waals surface area contributed by atoms with Crippen molar-refractivity contribution >= 4 is 11.3 Å². The first-order chi connectivity index (χ1) is 9.83. The van der Waals surface area contributed by atoms with Gasteiger partial charge in [0.25, 0.3) is 0 Å². The molecule has 0 bridgehead atoms. The standard InChI is InChI=1S/C14H13N5O/c1-9-5-6-12-16-17-14(19(12)18-9)10-3-2-4-11-13(10)20-8-7-15-11/h2-6,15H,7-8H2,1H3. The van der Waals surface area contributed by atoms with Crippen LogP contribution < -0.4 is 10.1 Å². The molecule has 0 saturated heterocycles. The fourth-order valence-corrected chi connectivity index (χ4v) is 2.40. The van der Waals surface area contributed by atoms with E-state index in [1.54, 1.807) is 4.52 Å². The van der Waals surface area contributed by atoms with Crippen LogP contribution in [-0.4, -0.2) is 33.0 Å². The van der Waals surface area contributed by atoms with Gasteiger partial charge in [0.05, 0.1) is 16.9 Å². The summed E-state index contributed by atoms with van der Waals surface area (Å²) in [5.41, 5.74) is 3.54. The third-order valence-corrected chi connectivity index (χ3v) is 3.32. The van der Waals surface area contributed by atoms with Crippen LogP contribution in [0, 0.1) is 6.92 Å². The summed E-state index contributed by atoms with van der Waals surface area (Å²) in [5.74, 6) is 1.51. The van der Waals surface area contributed by atoms with Gasteiger partial charge in [-0.05, 0) is 31.2 Å². The summed E-state index contributed by atoms with van der Waals surface area (Å²) in [6.07, 6.45) is 0. The molecule has 3 aromatic rings. The summed E-state index contributed by atoms with van der Waals surface area (Å²) in [7, 11) is 0. The third-order valence-electron chi connectivity index (χ3n) is 3.32. The highest BCUT2D eigenvalue weighted by molar-refractivity contribution is 5.76. The van der Waals surface area contributed by atoms with Gasteiger partial charge in [0.15, 0.2) is 17.2 Å². The van der Waals surface area contributed by atoms with Crippen molar-refractivity contribution in [3.63, 3.8) is 0 Å². The van der Waals surface area contributed by atoms with Crippen LogP contribution in [0.1, 0.15) is 5.69 Å². The molecule has 6 heteroatoms. The van der Waals surface area contributed by atoms with Crippen LogP contribution in [0.4, 0.5) is 5.69 Å². The minimum atomic E-state index is 0.646. The minimum absolute atomic E-state index is 0.646. The molecule has 3 heterocycles. The van der Waals surface area contributed by atoms with Crippen molar-refractivity contribution in [2.75, 3.05) is 18.5 Å². The van der Waals surface area contributed by atoms with E-state index in [0.717, 1.165) is 34.9 Å². The van der Waals surface area contributed by atoms with Crippen LogP contribution >= 0.6 is 0 Å². The van der Waals surface area contributed by atoms with Gasteiger partial charge in [-0.3, -0.25) is 0 Å². The number of para-hydroxylation sites is 1. The lowest BCUT2D eigenvalue weighted by molar-refractivity contribution is 0.324. The van der Waals surface area contributed by atoms with E-state index in [1.165, 1.54) is 0 Å². The van der Waals surface area contributed by atoms with Crippen LogP contribution in [0.25, 0.3) is 17.0 Å². The van der Waals surface area contributed by atoms with Crippen molar-refractivity contribution in [3.05, 3.63) is 36.0 Å². The highest BCUT2D eigenvalue weighted by Gasteiger charge is 2.19. The van der Waals surface area contributed by atoms with Gasteiger partial charge in [0, 0.05) is 6.54 Å². The van der Waals surface area contributed by atoms with E-state index in [9.17, 15) is 0 Å². The lowest BCUT2D eigenvalue weighted by Gasteiger charge is -2.21. The van der Waals surface area contributed by atoms with Gasteiger partial charge in [0.2, 0.25) is 0 Å². The second-order valence-electron chi connectivity index (χ2n) is 4.73. The monoisotopic (exact) mass is 267 g/mol. The number of aryl methyl sites for hydroxylation is 1. The molecule has 6 nitrogen and oxygen atoms in total. The van der Waals surface area contributed by atoms with E-state index in [4.69, 9.17) is 4.74 Å². The number of ether oxygens (including phenoxy) is 1. The van der Waals surface area contributed by atoms with Crippen molar-refractivity contribution in [2.24, 2.45) is 0 Å². The van der Waals surface area contributed by atoms with Crippen molar-refractivity contribution in [2.45, 2.75) is 6.92 Å². The number of anilines is 1. The molecule has 0 atom stereocenters. The highest BCUT2D eigenvalue weighted by Crippen LogP contribution is 2.37. The average molecular weight is 267 g/mol. The highest BCUT2D eigenvalue weighted by atomic mass is 16.5. The van der Waals surface area contributed by atoms with Crippen molar-refractivity contribution < 1.29 is 4.74 Å². The molecule has 1 aromatic carbocycles. The quantitative estimate of drug-likeness (QED) is 0.729. The summed E-state index contributed by atoms with van der Waals surface area (Å²) in [6.45, 7) is 3.41. The van der Waals surface area contributed by atoms with E-state index in [0.29, 0.717) is 12.4 Å². The molecule has 0 fully saturated rings. The molecule has 0 spiro atoms. The third kappa shape index (κ3) is 1.61. The molecule has 100 valence electrons. The van der Waals surface area contributed by atoms with Gasteiger partial charge in [-0.15, -0.1) is 10.2 Å². The number of hydrogen-bond donors (Lipinski definition) is 1. The molecular formula is C14H13N5O. The molecule has 2 aromatic heterocycles. The summed E-state index contributed by atoms with van der Waals surface area (Å²) in [4.78, 5) is 0. The fraction of sp³-hybridized carbons (Fsp3) is 0.214. The number of rotatable bonds is 1. The zero-order valence-corrected chi connectivity index (χ0v) is 11.0. The van der Waals surface area contributed by atoms with Crippen molar-refractivity contribution in [1.29, 1.82) is 0 Å². The number of benzene rings is 1. The number of nitrogens with zero attached hydrogens (tertiary/aromatic N) is 4. The van der Waals surface area contributed by atoms with Gasteiger partial charge >= 0.3 is 0 Å². The van der Waals surface area contributed by atoms with Gasteiger partial charge in [0.1, 0.15) is 6.61 Å². The second-order valence-corrected chi connectivity index (χ2v) is 4.73. The topological polar surface area (TPSA) is 64.3 Å². The first-order valence-corrected chi connectivity index (χ1v) is 6.52. The van der Waals surface area contributed by atoms with E-state index >= 15 is 0 Å². The van der Waals surface area contributed by atoms with Crippen LogP contribution in [0.3, 0.4) is 0 Å². The van der Waals surface area contributed by atoms with Crippen molar-refractivity contribution in [1.82, 2.24) is 19.8 Å². The lowest BCUT2D eigenvalue weighted by atomic mass is 10.1. The predicted octanol–water partition coefficient (Wildman–Crippen LogP) is 1.90. The molecular weight excluding hydrogens is 254 g/mol. The molecule has 20 heavy (non-hydrogen) atoms. The number of fused-ring (bicyclic) bond motifs is 2. The maximum atomic E-state index is 5.79. The van der Waals surface area contributed by atoms with Gasteiger partial charge < -0.3 is 10.1 Å². The molecule has 0 aliphatic carbocycles. The predicted molar refractivity (Wildman–Crippen MR) is 74.9 cm³/mol. The maximum absolute atomic E-state index is 5.79. The van der Waals surface area contributed by atoms with Gasteiger partial charge in [-0.2, -0.15) is 9.61 Å². The number of aromatic nitrogens is 4. The lowest BCUT2D eigenvalue weighted by Crippen LogP contribution is -2.18. The summed E-state index contributed by atoms with van der Waals surface area (Å²) in [5, 5.41) is 16.2. The Morgan fingerprint density at radius 1 is 1.20 bits per heavy atom. The van der Waals surface area contributed by atoms with Gasteiger partial charge in [-0.25, -0.2) is 0 Å². The Morgan fingerprint density at radius 3 is 3.10 bits per heavy atom. The number of hydrogen-bond acceptors (Lipinski definition) is 5. The normalized spacial score (nSPS) is 13.7. The number of nitrogens with one attached hydrogen (secondary N) is 1. The second kappa shape index (κ2) is 4.19. The van der Waals surface area contributed by atoms with Gasteiger partial charge in [-0.1, -0.05) is 6.07 Å². The largest absolute Gasteiger partial charge is 0.489 e. The Kier molecular flexibility index (Phi) is 2.35. The first-order valence-electron chi connectivity index (χ1n) is 6.52. The molecule has 0 radical (unpaired) electrons. The summed E-state index contributed by atoms with van der Waals surface area (Å²) in [6, 6.07) is 9.79. The van der Waals surface area contributed by atoms with E-state index in [-0.39, 0.29) is 0 Å². The van der Waals surface area contributed by atoms with Crippen molar-refractivity contribution in [3.8, 4) is 17.1 Å². The molecule has 1 N–H and O–H groups in total. The molecule has 1 aliphatic rings. The molecule has 1 aliphatic heterocycles. The van der Waals surface area contributed by atoms with E-state index in [2.05, 4.69) is 20.6 Å². The fourth-order valence-electron chi connectivity index (χ4n) is 2.40. The van der Waals surface area contributed by atoms with Crippen LogP contribution in [0.15, 0.2) is 30.3 Å². The first kappa shape index (κ1) is 11.2. The SMILES string of the molecule is Cc1ccc2nnc(-c3cccc4c3OCCN4)n2n1. The Labute approximate surface area is 115 Å². The summed E-state index contributed by atoms with van der Waals surface area (Å²) < 4.78 is 7.54.